The Balaban J connectivity index is 0.000000917. The summed E-state index contributed by atoms with van der Waals surface area (Å²) in [5.41, 5.74) is 1.32. The summed E-state index contributed by atoms with van der Waals surface area (Å²) in [5, 5.41) is 3.51. The Hall–Kier alpha value is -1.02. The zero-order valence-electron chi connectivity index (χ0n) is 11.3. The zero-order valence-corrected chi connectivity index (χ0v) is 11.3. The van der Waals surface area contributed by atoms with E-state index in [0.29, 0.717) is 6.04 Å². The lowest BCUT2D eigenvalue weighted by molar-refractivity contribution is 0.311. The van der Waals surface area contributed by atoms with E-state index in [1.54, 1.807) is 0 Å². The number of hydrogen-bond donors (Lipinski definition) is 1. The van der Waals surface area contributed by atoms with Gasteiger partial charge < -0.3 is 10.1 Å². The van der Waals surface area contributed by atoms with Crippen LogP contribution in [0.1, 0.15) is 59.1 Å². The number of nitrogens with one attached hydrogen (secondary N) is 1. The van der Waals surface area contributed by atoms with E-state index in [9.17, 15) is 0 Å². The van der Waals surface area contributed by atoms with Gasteiger partial charge in [-0.1, -0.05) is 46.4 Å². The molecule has 1 aromatic carbocycles. The molecule has 104 valence electrons. The maximum atomic E-state index is 5.76. The molecule has 0 aromatic heterocycles. The predicted octanol–water partition coefficient (Wildman–Crippen LogP) is 4.56. The molecule has 1 aliphatic rings. The third-order valence-corrected chi connectivity index (χ3v) is 2.82. The molecule has 2 nitrogen and oxygen atoms in total. The van der Waals surface area contributed by atoms with Crippen molar-refractivity contribution in [3.63, 3.8) is 0 Å². The van der Waals surface area contributed by atoms with Crippen LogP contribution in [0.4, 0.5) is 0 Å². The molecular weight excluding hydrogens is 222 g/mol. The number of benzene rings is 1. The maximum absolute atomic E-state index is 5.76. The van der Waals surface area contributed by atoms with E-state index in [4.69, 9.17) is 4.74 Å². The predicted molar refractivity (Wildman–Crippen MR) is 80.3 cm³/mol. The summed E-state index contributed by atoms with van der Waals surface area (Å²) in [7, 11) is 0. The second-order valence-electron chi connectivity index (χ2n) is 4.04. The SMILES string of the molecule is C.CC.CCCOc1ccccc1C1CCCN1. The Labute approximate surface area is 113 Å². The number of para-hydroxylation sites is 1. The lowest BCUT2D eigenvalue weighted by Gasteiger charge is -2.16. The van der Waals surface area contributed by atoms with Gasteiger partial charge in [0.1, 0.15) is 5.75 Å². The van der Waals surface area contributed by atoms with E-state index in [0.717, 1.165) is 25.3 Å². The minimum absolute atomic E-state index is 0. The molecule has 0 saturated carbocycles. The summed E-state index contributed by atoms with van der Waals surface area (Å²) in [4.78, 5) is 0. The van der Waals surface area contributed by atoms with Gasteiger partial charge >= 0.3 is 0 Å². The van der Waals surface area contributed by atoms with E-state index < -0.39 is 0 Å². The highest BCUT2D eigenvalue weighted by Crippen LogP contribution is 2.30. The number of hydrogen-bond acceptors (Lipinski definition) is 2. The van der Waals surface area contributed by atoms with Crippen LogP contribution in [0.15, 0.2) is 24.3 Å². The van der Waals surface area contributed by atoms with Gasteiger partial charge in [-0.3, -0.25) is 0 Å². The highest BCUT2D eigenvalue weighted by atomic mass is 16.5. The first kappa shape index (κ1) is 17.0. The quantitative estimate of drug-likeness (QED) is 0.847. The Morgan fingerprint density at radius 3 is 2.61 bits per heavy atom. The first-order valence-corrected chi connectivity index (χ1v) is 6.87. The van der Waals surface area contributed by atoms with Crippen LogP contribution in [0.5, 0.6) is 5.75 Å². The summed E-state index contributed by atoms with van der Waals surface area (Å²) in [6, 6.07) is 8.88. The van der Waals surface area contributed by atoms with E-state index in [1.807, 2.05) is 19.9 Å². The van der Waals surface area contributed by atoms with E-state index in [2.05, 4.69) is 30.4 Å². The zero-order chi connectivity index (χ0) is 12.5. The van der Waals surface area contributed by atoms with E-state index in [1.165, 1.54) is 18.4 Å². The van der Waals surface area contributed by atoms with Crippen molar-refractivity contribution in [2.75, 3.05) is 13.2 Å². The Morgan fingerprint density at radius 2 is 2.00 bits per heavy atom. The fraction of sp³-hybridized carbons (Fsp3) is 0.625. The molecule has 2 heteroatoms. The molecule has 1 aromatic rings. The van der Waals surface area contributed by atoms with Gasteiger partial charge in [0.15, 0.2) is 0 Å². The second-order valence-corrected chi connectivity index (χ2v) is 4.04. The molecule has 1 N–H and O–H groups in total. The molecular formula is C16H29NO. The van der Waals surface area contributed by atoms with Crippen LogP contribution in [0.3, 0.4) is 0 Å². The van der Waals surface area contributed by atoms with Crippen molar-refractivity contribution in [1.29, 1.82) is 0 Å². The molecule has 0 amide bonds. The van der Waals surface area contributed by atoms with Crippen LogP contribution in [0.25, 0.3) is 0 Å². The third-order valence-electron chi connectivity index (χ3n) is 2.82. The average molecular weight is 251 g/mol. The molecule has 2 rings (SSSR count). The largest absolute Gasteiger partial charge is 0.493 e. The highest BCUT2D eigenvalue weighted by molar-refractivity contribution is 5.36. The molecule has 1 fully saturated rings. The van der Waals surface area contributed by atoms with Gasteiger partial charge in [-0.15, -0.1) is 0 Å². The molecule has 1 unspecified atom stereocenters. The number of ether oxygens (including phenoxy) is 1. The fourth-order valence-electron chi connectivity index (χ4n) is 2.06. The highest BCUT2D eigenvalue weighted by Gasteiger charge is 2.19. The van der Waals surface area contributed by atoms with Crippen LogP contribution in [-0.2, 0) is 0 Å². The maximum Gasteiger partial charge on any atom is 0.124 e. The van der Waals surface area contributed by atoms with Gasteiger partial charge in [-0.05, 0) is 31.9 Å². The van der Waals surface area contributed by atoms with Crippen LogP contribution in [0.2, 0.25) is 0 Å². The topological polar surface area (TPSA) is 21.3 Å². The Kier molecular flexibility index (Phi) is 9.39. The molecule has 0 bridgehead atoms. The van der Waals surface area contributed by atoms with Gasteiger partial charge in [0, 0.05) is 11.6 Å². The average Bonchev–Trinajstić information content (AvgIpc) is 2.93. The van der Waals surface area contributed by atoms with Crippen molar-refractivity contribution >= 4 is 0 Å². The van der Waals surface area contributed by atoms with Crippen molar-refractivity contribution in [1.82, 2.24) is 5.32 Å². The fourth-order valence-corrected chi connectivity index (χ4v) is 2.06. The second kappa shape index (κ2) is 9.95. The van der Waals surface area contributed by atoms with Crippen LogP contribution >= 0.6 is 0 Å². The third kappa shape index (κ3) is 4.69. The molecule has 18 heavy (non-hydrogen) atoms. The van der Waals surface area contributed by atoms with Crippen LogP contribution < -0.4 is 10.1 Å². The first-order valence-electron chi connectivity index (χ1n) is 6.87. The molecule has 0 aliphatic carbocycles. The first-order chi connectivity index (χ1) is 8.42. The molecule has 0 spiro atoms. The van der Waals surface area contributed by atoms with E-state index in [-0.39, 0.29) is 7.43 Å². The molecule has 1 atom stereocenters. The van der Waals surface area contributed by atoms with Crippen LogP contribution in [-0.4, -0.2) is 13.2 Å². The summed E-state index contributed by atoms with van der Waals surface area (Å²) >= 11 is 0. The van der Waals surface area contributed by atoms with Crippen molar-refractivity contribution in [3.05, 3.63) is 29.8 Å². The lowest BCUT2D eigenvalue weighted by Crippen LogP contribution is -2.14. The van der Waals surface area contributed by atoms with Gasteiger partial charge in [-0.2, -0.15) is 0 Å². The standard InChI is InChI=1S/C13H19NO.C2H6.CH4/c1-2-10-15-13-8-4-3-6-11(13)12-7-5-9-14-12;1-2;/h3-4,6,8,12,14H,2,5,7,9-10H2,1H3;1-2H3;1H4. The minimum Gasteiger partial charge on any atom is -0.493 e. The molecule has 1 aliphatic heterocycles. The normalized spacial score (nSPS) is 17.4. The molecule has 1 heterocycles. The smallest absolute Gasteiger partial charge is 0.124 e. The Bertz CT molecular complexity index is 306. The van der Waals surface area contributed by atoms with Crippen LogP contribution in [0, 0.1) is 0 Å². The van der Waals surface area contributed by atoms with Gasteiger partial charge in [0.2, 0.25) is 0 Å². The number of rotatable bonds is 4. The summed E-state index contributed by atoms with van der Waals surface area (Å²) in [6.07, 6.45) is 3.56. The van der Waals surface area contributed by atoms with E-state index >= 15 is 0 Å². The lowest BCUT2D eigenvalue weighted by atomic mass is 10.0. The molecule has 0 radical (unpaired) electrons. The summed E-state index contributed by atoms with van der Waals surface area (Å²) in [5.74, 6) is 1.05. The Morgan fingerprint density at radius 1 is 1.28 bits per heavy atom. The van der Waals surface area contributed by atoms with Crippen molar-refractivity contribution in [2.45, 2.75) is 53.5 Å². The minimum atomic E-state index is 0. The summed E-state index contributed by atoms with van der Waals surface area (Å²) in [6.45, 7) is 8.08. The monoisotopic (exact) mass is 251 g/mol. The molecule has 1 saturated heterocycles. The van der Waals surface area contributed by atoms with Gasteiger partial charge in [0.05, 0.1) is 6.61 Å². The van der Waals surface area contributed by atoms with Crippen molar-refractivity contribution < 1.29 is 4.74 Å². The van der Waals surface area contributed by atoms with Gasteiger partial charge in [0.25, 0.3) is 0 Å². The van der Waals surface area contributed by atoms with Crippen molar-refractivity contribution in [2.24, 2.45) is 0 Å². The van der Waals surface area contributed by atoms with Gasteiger partial charge in [-0.25, -0.2) is 0 Å². The van der Waals surface area contributed by atoms with Crippen molar-refractivity contribution in [3.8, 4) is 5.75 Å². The summed E-state index contributed by atoms with van der Waals surface area (Å²) < 4.78 is 5.76.